The van der Waals surface area contributed by atoms with E-state index in [9.17, 15) is 0 Å². The van der Waals surface area contributed by atoms with Gasteiger partial charge >= 0.3 is 0 Å². The first-order valence-electron chi connectivity index (χ1n) is 6.55. The summed E-state index contributed by atoms with van der Waals surface area (Å²) in [6.07, 6.45) is 3.32. The van der Waals surface area contributed by atoms with E-state index in [-0.39, 0.29) is 11.0 Å². The highest BCUT2D eigenvalue weighted by Crippen LogP contribution is 2.37. The number of nitrogens with two attached hydrogens (primary N) is 1. The Labute approximate surface area is 112 Å². The molecule has 3 rings (SSSR count). The van der Waals surface area contributed by atoms with Gasteiger partial charge in [0, 0.05) is 11.0 Å². The Morgan fingerprint density at radius 3 is 2.67 bits per heavy atom. The molecule has 2 aromatic rings. The van der Waals surface area contributed by atoms with Crippen molar-refractivity contribution in [2.24, 2.45) is 5.73 Å². The summed E-state index contributed by atoms with van der Waals surface area (Å²) in [6.45, 7) is 6.64. The van der Waals surface area contributed by atoms with Crippen LogP contribution in [0.3, 0.4) is 0 Å². The molecular formula is C15H20N2S. The van der Waals surface area contributed by atoms with Gasteiger partial charge in [0.25, 0.3) is 0 Å². The third-order valence-electron chi connectivity index (χ3n) is 3.54. The third-order valence-corrected chi connectivity index (χ3v) is 5.00. The molecule has 1 saturated carbocycles. The largest absolute Gasteiger partial charge is 0.325 e. The number of nitrogens with zero attached hydrogens (tertiary/aromatic N) is 1. The van der Waals surface area contributed by atoms with Crippen LogP contribution in [0.4, 0.5) is 0 Å². The van der Waals surface area contributed by atoms with Crippen LogP contribution in [0.2, 0.25) is 0 Å². The highest BCUT2D eigenvalue weighted by Gasteiger charge is 2.37. The Balaban J connectivity index is 1.96. The minimum atomic E-state index is 0.0799. The van der Waals surface area contributed by atoms with Crippen molar-refractivity contribution < 1.29 is 0 Å². The number of benzene rings is 1. The number of hydrogen-bond donors (Lipinski definition) is 1. The second-order valence-corrected chi connectivity index (χ2v) is 7.64. The molecule has 1 aromatic heterocycles. The molecule has 18 heavy (non-hydrogen) atoms. The fourth-order valence-electron chi connectivity index (χ4n) is 2.15. The van der Waals surface area contributed by atoms with Gasteiger partial charge in [-0.3, -0.25) is 0 Å². The van der Waals surface area contributed by atoms with Gasteiger partial charge in [-0.1, -0.05) is 26.8 Å². The Kier molecular flexibility index (Phi) is 2.55. The van der Waals surface area contributed by atoms with Crippen molar-refractivity contribution in [1.82, 2.24) is 4.98 Å². The van der Waals surface area contributed by atoms with Gasteiger partial charge in [0.2, 0.25) is 0 Å². The normalized spacial score (nSPS) is 18.2. The lowest BCUT2D eigenvalue weighted by atomic mass is 9.98. The van der Waals surface area contributed by atoms with Crippen molar-refractivity contribution in [1.29, 1.82) is 0 Å². The molecule has 0 spiro atoms. The maximum absolute atomic E-state index is 6.18. The summed E-state index contributed by atoms with van der Waals surface area (Å²) in [5, 5.41) is 1.21. The number of thiazole rings is 1. The average Bonchev–Trinajstić information content (AvgIpc) is 2.83. The predicted octanol–water partition coefficient (Wildman–Crippen LogP) is 3.63. The summed E-state index contributed by atoms with van der Waals surface area (Å²) in [7, 11) is 0. The fourth-order valence-corrected chi connectivity index (χ4v) is 3.15. The Morgan fingerprint density at radius 1 is 1.33 bits per heavy atom. The summed E-state index contributed by atoms with van der Waals surface area (Å²) in [4.78, 5) is 4.77. The number of fused-ring (bicyclic) bond motifs is 1. The molecule has 0 atom stereocenters. The molecule has 96 valence electrons. The van der Waals surface area contributed by atoms with Crippen LogP contribution in [0.1, 0.15) is 44.2 Å². The standard InChI is InChI=1S/C15H20N2S/c1-14(2,3)13-17-11-8-10(4-5-12(11)18-13)9-15(16)6-7-15/h4-5,8H,6-7,9,16H2,1-3H3. The summed E-state index contributed by atoms with van der Waals surface area (Å²) < 4.78 is 1.28. The summed E-state index contributed by atoms with van der Waals surface area (Å²) >= 11 is 1.80. The highest BCUT2D eigenvalue weighted by molar-refractivity contribution is 7.18. The van der Waals surface area contributed by atoms with E-state index in [2.05, 4.69) is 39.0 Å². The maximum Gasteiger partial charge on any atom is 0.0992 e. The number of hydrogen-bond acceptors (Lipinski definition) is 3. The minimum Gasteiger partial charge on any atom is -0.325 e. The first-order valence-corrected chi connectivity index (χ1v) is 7.36. The monoisotopic (exact) mass is 260 g/mol. The predicted molar refractivity (Wildman–Crippen MR) is 78.2 cm³/mol. The van der Waals surface area contributed by atoms with Crippen LogP contribution in [0, 0.1) is 0 Å². The van der Waals surface area contributed by atoms with Gasteiger partial charge < -0.3 is 5.73 Å². The van der Waals surface area contributed by atoms with Gasteiger partial charge in [-0.25, -0.2) is 4.98 Å². The first kappa shape index (κ1) is 12.1. The zero-order valence-electron chi connectivity index (χ0n) is 11.3. The van der Waals surface area contributed by atoms with E-state index in [0.717, 1.165) is 24.8 Å². The molecule has 0 bridgehead atoms. The molecule has 1 aliphatic rings. The fraction of sp³-hybridized carbons (Fsp3) is 0.533. The molecule has 2 N–H and O–H groups in total. The molecular weight excluding hydrogens is 240 g/mol. The van der Waals surface area contributed by atoms with E-state index in [1.165, 1.54) is 15.3 Å². The van der Waals surface area contributed by atoms with Crippen LogP contribution in [-0.2, 0) is 11.8 Å². The van der Waals surface area contributed by atoms with Gasteiger partial charge in [0.1, 0.15) is 0 Å². The summed E-state index contributed by atoms with van der Waals surface area (Å²) in [6, 6.07) is 6.62. The first-order chi connectivity index (χ1) is 8.36. The third kappa shape index (κ3) is 2.29. The Morgan fingerprint density at radius 2 is 2.06 bits per heavy atom. The lowest BCUT2D eigenvalue weighted by molar-refractivity contribution is 0.587. The molecule has 1 aliphatic carbocycles. The molecule has 1 heterocycles. The topological polar surface area (TPSA) is 38.9 Å². The molecule has 0 amide bonds. The Bertz CT molecular complexity index is 588. The molecule has 1 aromatic carbocycles. The molecule has 3 heteroatoms. The summed E-state index contributed by atoms with van der Waals surface area (Å²) in [5.41, 5.74) is 8.85. The Hall–Kier alpha value is -0.930. The SMILES string of the molecule is CC(C)(C)c1nc2cc(CC3(N)CC3)ccc2s1. The van der Waals surface area contributed by atoms with Gasteiger partial charge in [0.15, 0.2) is 0 Å². The van der Waals surface area contributed by atoms with Crippen LogP contribution in [0.15, 0.2) is 18.2 Å². The van der Waals surface area contributed by atoms with E-state index in [1.807, 2.05) is 0 Å². The van der Waals surface area contributed by atoms with Crippen molar-refractivity contribution in [2.45, 2.75) is 51.0 Å². The second-order valence-electron chi connectivity index (χ2n) is 6.61. The van der Waals surface area contributed by atoms with E-state index < -0.39 is 0 Å². The van der Waals surface area contributed by atoms with Gasteiger partial charge in [0.05, 0.1) is 15.2 Å². The van der Waals surface area contributed by atoms with E-state index in [4.69, 9.17) is 10.7 Å². The zero-order chi connectivity index (χ0) is 13.0. The van der Waals surface area contributed by atoms with E-state index in [1.54, 1.807) is 11.3 Å². The van der Waals surface area contributed by atoms with E-state index in [0.29, 0.717) is 0 Å². The van der Waals surface area contributed by atoms with Gasteiger partial charge in [-0.2, -0.15) is 0 Å². The highest BCUT2D eigenvalue weighted by atomic mass is 32.1. The zero-order valence-corrected chi connectivity index (χ0v) is 12.1. The minimum absolute atomic E-state index is 0.0799. The molecule has 1 fully saturated rings. The van der Waals surface area contributed by atoms with Gasteiger partial charge in [-0.15, -0.1) is 11.3 Å². The molecule has 0 radical (unpaired) electrons. The van der Waals surface area contributed by atoms with Crippen LogP contribution in [0.25, 0.3) is 10.2 Å². The average molecular weight is 260 g/mol. The van der Waals surface area contributed by atoms with Crippen LogP contribution >= 0.6 is 11.3 Å². The molecule has 0 aliphatic heterocycles. The lowest BCUT2D eigenvalue weighted by Gasteiger charge is -2.13. The summed E-state index contributed by atoms with van der Waals surface area (Å²) in [5.74, 6) is 0. The van der Waals surface area contributed by atoms with Crippen molar-refractivity contribution in [3.63, 3.8) is 0 Å². The van der Waals surface area contributed by atoms with Gasteiger partial charge in [-0.05, 0) is 37.0 Å². The molecule has 2 nitrogen and oxygen atoms in total. The number of rotatable bonds is 2. The second kappa shape index (κ2) is 3.78. The van der Waals surface area contributed by atoms with Crippen LogP contribution in [0.5, 0.6) is 0 Å². The van der Waals surface area contributed by atoms with Crippen LogP contribution < -0.4 is 5.73 Å². The van der Waals surface area contributed by atoms with Crippen LogP contribution in [-0.4, -0.2) is 10.5 Å². The van der Waals surface area contributed by atoms with Crippen molar-refractivity contribution in [3.05, 3.63) is 28.8 Å². The van der Waals surface area contributed by atoms with Crippen molar-refractivity contribution >= 4 is 21.6 Å². The van der Waals surface area contributed by atoms with E-state index >= 15 is 0 Å². The molecule has 0 unspecified atom stereocenters. The smallest absolute Gasteiger partial charge is 0.0992 e. The lowest BCUT2D eigenvalue weighted by Crippen LogP contribution is -2.24. The van der Waals surface area contributed by atoms with Crippen molar-refractivity contribution in [3.8, 4) is 0 Å². The quantitative estimate of drug-likeness (QED) is 0.895. The van der Waals surface area contributed by atoms with Crippen molar-refractivity contribution in [2.75, 3.05) is 0 Å². The number of aromatic nitrogens is 1. The molecule has 0 saturated heterocycles. The maximum atomic E-state index is 6.18.